The zero-order valence-corrected chi connectivity index (χ0v) is 19.1. The molecule has 0 amide bonds. The van der Waals surface area contributed by atoms with E-state index in [0.717, 1.165) is 28.6 Å². The summed E-state index contributed by atoms with van der Waals surface area (Å²) in [5, 5.41) is 0.895. The maximum atomic E-state index is 14.7. The Morgan fingerprint density at radius 1 is 1.07 bits per heavy atom. The van der Waals surface area contributed by atoms with Gasteiger partial charge in [0.2, 0.25) is 0 Å². The van der Waals surface area contributed by atoms with Crippen molar-refractivity contribution in [2.45, 2.75) is 85.6 Å². The van der Waals surface area contributed by atoms with Gasteiger partial charge in [-0.25, -0.2) is 4.39 Å². The molecule has 2 aromatic rings. The largest absolute Gasteiger partial charge is 0.598 e. The monoisotopic (exact) mass is 394 g/mol. The molecule has 2 rings (SSSR count). The van der Waals surface area contributed by atoms with E-state index in [1.807, 2.05) is 47.6 Å². The summed E-state index contributed by atoms with van der Waals surface area (Å²) in [7, 11) is 0. The van der Waals surface area contributed by atoms with Gasteiger partial charge in [-0.2, -0.15) is 0 Å². The molecule has 27 heavy (non-hydrogen) atoms. The van der Waals surface area contributed by atoms with Crippen LogP contribution in [0.15, 0.2) is 18.3 Å². The lowest BCUT2D eigenvalue weighted by molar-refractivity contribution is 0.349. The molecule has 0 spiro atoms. The summed E-state index contributed by atoms with van der Waals surface area (Å²) >= 11 is -1.19. The lowest BCUT2D eigenvalue weighted by Crippen LogP contribution is -2.40. The Kier molecular flexibility index (Phi) is 6.40. The average Bonchev–Trinajstić information content (AvgIpc) is 2.80. The van der Waals surface area contributed by atoms with E-state index in [9.17, 15) is 8.94 Å². The highest BCUT2D eigenvalue weighted by Gasteiger charge is 2.30. The van der Waals surface area contributed by atoms with Crippen LogP contribution in [-0.2, 0) is 17.9 Å². The molecule has 0 bridgehead atoms. The summed E-state index contributed by atoms with van der Waals surface area (Å²) in [5.74, 6) is -0.0452. The third-order valence-corrected chi connectivity index (χ3v) is 6.28. The van der Waals surface area contributed by atoms with Crippen LogP contribution in [0, 0.1) is 11.2 Å². The highest BCUT2D eigenvalue weighted by molar-refractivity contribution is 7.90. The molecule has 5 heteroatoms. The average molecular weight is 395 g/mol. The Labute approximate surface area is 167 Å². The van der Waals surface area contributed by atoms with Gasteiger partial charge in [0.1, 0.15) is 10.6 Å². The third kappa shape index (κ3) is 5.27. The highest BCUT2D eigenvalue weighted by Crippen LogP contribution is 2.34. The highest BCUT2D eigenvalue weighted by atomic mass is 32.2. The first-order valence-electron chi connectivity index (χ1n) is 9.71. The predicted molar refractivity (Wildman–Crippen MR) is 115 cm³/mol. The normalized spacial score (nSPS) is 15.6. The number of benzene rings is 1. The van der Waals surface area contributed by atoms with Crippen molar-refractivity contribution in [1.29, 1.82) is 0 Å². The summed E-state index contributed by atoms with van der Waals surface area (Å²) in [6, 6.07) is 3.49. The van der Waals surface area contributed by atoms with Gasteiger partial charge in [-0.1, -0.05) is 34.6 Å². The Bertz CT molecular complexity index is 799. The Balaban J connectivity index is 2.57. The molecule has 0 aliphatic rings. The molecule has 1 aromatic heterocycles. The Morgan fingerprint density at radius 2 is 1.67 bits per heavy atom. The smallest absolute Gasteiger partial charge is 0.136 e. The van der Waals surface area contributed by atoms with Crippen LogP contribution in [-0.4, -0.2) is 13.9 Å². The summed E-state index contributed by atoms with van der Waals surface area (Å²) in [5.41, 5.74) is 2.86. The number of fused-ring (bicyclic) bond motifs is 1. The van der Waals surface area contributed by atoms with Gasteiger partial charge in [-0.3, -0.25) is 0 Å². The minimum atomic E-state index is -1.19. The van der Waals surface area contributed by atoms with E-state index in [1.54, 1.807) is 6.07 Å². The second-order valence-electron chi connectivity index (χ2n) is 10.0. The molecule has 0 aliphatic carbocycles. The summed E-state index contributed by atoms with van der Waals surface area (Å²) in [6.45, 7) is 19.3. The van der Waals surface area contributed by atoms with E-state index in [1.165, 1.54) is 0 Å². The van der Waals surface area contributed by atoms with Crippen LogP contribution in [0.2, 0.25) is 0 Å². The molecule has 152 valence electrons. The molecule has 3 nitrogen and oxygen atoms in total. The Morgan fingerprint density at radius 3 is 2.15 bits per heavy atom. The van der Waals surface area contributed by atoms with Crippen LogP contribution in [0.25, 0.3) is 10.9 Å². The molecule has 1 aromatic carbocycles. The lowest BCUT2D eigenvalue weighted by Gasteiger charge is -2.26. The lowest BCUT2D eigenvalue weighted by atomic mass is 9.96. The van der Waals surface area contributed by atoms with Gasteiger partial charge in [0, 0.05) is 35.0 Å². The van der Waals surface area contributed by atoms with Crippen molar-refractivity contribution in [3.63, 3.8) is 0 Å². The number of nitrogens with zero attached hydrogens (tertiary/aromatic N) is 1. The van der Waals surface area contributed by atoms with Crippen molar-refractivity contribution < 1.29 is 8.94 Å². The van der Waals surface area contributed by atoms with Gasteiger partial charge in [0.15, 0.2) is 0 Å². The molecular formula is C22H35FN2OS. The minimum Gasteiger partial charge on any atom is -0.598 e. The van der Waals surface area contributed by atoms with Crippen molar-refractivity contribution in [3.8, 4) is 0 Å². The molecular weight excluding hydrogens is 359 g/mol. The second-order valence-corrected chi connectivity index (χ2v) is 12.0. The van der Waals surface area contributed by atoms with Crippen molar-refractivity contribution in [2.24, 2.45) is 5.41 Å². The minimum absolute atomic E-state index is 0.0977. The van der Waals surface area contributed by atoms with E-state index in [4.69, 9.17) is 0 Å². The first-order chi connectivity index (χ1) is 12.2. The summed E-state index contributed by atoms with van der Waals surface area (Å²) in [6.07, 6.45) is 2.09. The summed E-state index contributed by atoms with van der Waals surface area (Å²) < 4.78 is 32.3. The molecule has 0 fully saturated rings. The van der Waals surface area contributed by atoms with Gasteiger partial charge in [-0.05, 0) is 62.3 Å². The fraction of sp³-hybridized carbons (Fsp3) is 0.636. The van der Waals surface area contributed by atoms with Crippen LogP contribution >= 0.6 is 0 Å². The number of rotatable bonds is 5. The second kappa shape index (κ2) is 7.76. The molecule has 0 aliphatic heterocycles. The van der Waals surface area contributed by atoms with Crippen molar-refractivity contribution in [3.05, 3.63) is 35.3 Å². The zero-order chi connectivity index (χ0) is 20.7. The Hall–Kier alpha value is -1.04. The van der Waals surface area contributed by atoms with Gasteiger partial charge in [-0.15, -0.1) is 4.72 Å². The van der Waals surface area contributed by atoms with Crippen LogP contribution < -0.4 is 4.72 Å². The fourth-order valence-corrected chi connectivity index (χ4v) is 3.99. The molecule has 1 heterocycles. The standard InChI is InChI=1S/C22H35FN2OS/c1-14(2)16-11-20-17(10-19(16)23)18(12-25(20)13-21(4,5)6)15(3)24-27(26)22(7,8)9/h10-12,14-15,24H,13H2,1-9H3/t15-,27+/m1/s1. The predicted octanol–water partition coefficient (Wildman–Crippen LogP) is 6.06. The maximum Gasteiger partial charge on any atom is 0.136 e. The van der Waals surface area contributed by atoms with E-state index in [0.29, 0.717) is 0 Å². The van der Waals surface area contributed by atoms with Gasteiger partial charge >= 0.3 is 0 Å². The molecule has 0 radical (unpaired) electrons. The number of hydrogen-bond donors (Lipinski definition) is 1. The van der Waals surface area contributed by atoms with Gasteiger partial charge in [0.05, 0.1) is 6.04 Å². The molecule has 0 unspecified atom stereocenters. The van der Waals surface area contributed by atoms with Crippen LogP contribution in [0.3, 0.4) is 0 Å². The SMILES string of the molecule is CC(C)c1cc2c(cc1F)c([C@@H](C)N[S@@+]([O-])C(C)(C)C)cn2CC(C)(C)C. The van der Waals surface area contributed by atoms with Crippen LogP contribution in [0.1, 0.15) is 85.4 Å². The topological polar surface area (TPSA) is 40.0 Å². The van der Waals surface area contributed by atoms with E-state index in [2.05, 4.69) is 36.3 Å². The van der Waals surface area contributed by atoms with E-state index in [-0.39, 0.29) is 27.9 Å². The van der Waals surface area contributed by atoms with Crippen LogP contribution in [0.4, 0.5) is 4.39 Å². The van der Waals surface area contributed by atoms with Crippen LogP contribution in [0.5, 0.6) is 0 Å². The zero-order valence-electron chi connectivity index (χ0n) is 18.2. The molecule has 2 atom stereocenters. The molecule has 1 N–H and O–H groups in total. The van der Waals surface area contributed by atoms with Gasteiger partial charge < -0.3 is 9.12 Å². The summed E-state index contributed by atoms with van der Waals surface area (Å²) in [4.78, 5) is 0. The van der Waals surface area contributed by atoms with E-state index < -0.39 is 11.4 Å². The number of halogens is 1. The number of nitrogens with one attached hydrogen (secondary N) is 1. The first kappa shape index (κ1) is 22.3. The van der Waals surface area contributed by atoms with Crippen molar-refractivity contribution in [2.75, 3.05) is 0 Å². The van der Waals surface area contributed by atoms with Crippen molar-refractivity contribution >= 4 is 22.3 Å². The number of aromatic nitrogens is 1. The maximum absolute atomic E-state index is 14.7. The van der Waals surface area contributed by atoms with E-state index >= 15 is 0 Å². The molecule has 0 saturated carbocycles. The third-order valence-electron chi connectivity index (χ3n) is 4.60. The number of hydrogen-bond acceptors (Lipinski definition) is 2. The van der Waals surface area contributed by atoms with Gasteiger partial charge in [0.25, 0.3) is 0 Å². The molecule has 0 saturated heterocycles. The van der Waals surface area contributed by atoms with Crippen molar-refractivity contribution in [1.82, 2.24) is 9.29 Å². The fourth-order valence-electron chi connectivity index (χ4n) is 3.18. The first-order valence-corrected chi connectivity index (χ1v) is 10.9. The quantitative estimate of drug-likeness (QED) is 0.626.